The maximum Gasteiger partial charge on any atom is 0.239 e. The normalized spacial score (nSPS) is 18.0. The first-order valence-electron chi connectivity index (χ1n) is 8.67. The Balaban J connectivity index is 2.24. The van der Waals surface area contributed by atoms with E-state index < -0.39 is 0 Å². The topological polar surface area (TPSA) is 61.9 Å². The minimum absolute atomic E-state index is 0.0684. The molecule has 1 saturated heterocycles. The van der Waals surface area contributed by atoms with E-state index in [0.29, 0.717) is 13.2 Å². The van der Waals surface area contributed by atoms with Crippen molar-refractivity contribution in [3.8, 4) is 0 Å². The lowest BCUT2D eigenvalue weighted by Gasteiger charge is -2.35. The molecule has 0 aromatic heterocycles. The van der Waals surface area contributed by atoms with Crippen molar-refractivity contribution in [3.05, 3.63) is 0 Å². The van der Waals surface area contributed by atoms with Crippen molar-refractivity contribution in [2.75, 3.05) is 40.3 Å². The molecule has 6 heteroatoms. The number of hydrogen-bond donors (Lipinski definition) is 1. The van der Waals surface area contributed by atoms with E-state index in [2.05, 4.69) is 10.2 Å². The van der Waals surface area contributed by atoms with E-state index in [0.717, 1.165) is 32.4 Å². The maximum atomic E-state index is 12.2. The van der Waals surface area contributed by atoms with Gasteiger partial charge in [0.05, 0.1) is 12.1 Å². The van der Waals surface area contributed by atoms with Gasteiger partial charge in [0.2, 0.25) is 11.8 Å². The number of carbonyl (C=O) groups excluding carboxylic acids is 2. The zero-order valence-corrected chi connectivity index (χ0v) is 15.3. The van der Waals surface area contributed by atoms with Crippen LogP contribution in [0.3, 0.4) is 0 Å². The summed E-state index contributed by atoms with van der Waals surface area (Å²) in [4.78, 5) is 28.0. The fourth-order valence-corrected chi connectivity index (χ4v) is 2.83. The molecule has 0 aromatic carbocycles. The molecule has 0 saturated carbocycles. The van der Waals surface area contributed by atoms with Gasteiger partial charge in [0.15, 0.2) is 0 Å². The lowest BCUT2D eigenvalue weighted by Crippen LogP contribution is -2.49. The van der Waals surface area contributed by atoms with E-state index in [9.17, 15) is 9.59 Å². The summed E-state index contributed by atoms with van der Waals surface area (Å²) in [5.74, 6) is 0.331. The average molecular weight is 327 g/mol. The third-order valence-corrected chi connectivity index (χ3v) is 4.32. The van der Waals surface area contributed by atoms with Gasteiger partial charge in [-0.1, -0.05) is 0 Å². The summed E-state index contributed by atoms with van der Waals surface area (Å²) < 4.78 is 5.46. The molecule has 1 N–H and O–H groups in total. The van der Waals surface area contributed by atoms with Crippen LogP contribution in [0, 0.1) is 5.92 Å². The Morgan fingerprint density at radius 1 is 1.22 bits per heavy atom. The standard InChI is InChI=1S/C17H33N3O3/c1-13(2)23-12-6-9-18-16(21)15-7-10-20(11-8-15)14(3)17(22)19(4)5/h13-15H,6-12H2,1-5H3,(H,18,21). The third kappa shape index (κ3) is 6.87. The van der Waals surface area contributed by atoms with Crippen LogP contribution in [0.4, 0.5) is 0 Å². The van der Waals surface area contributed by atoms with Gasteiger partial charge >= 0.3 is 0 Å². The summed E-state index contributed by atoms with van der Waals surface area (Å²) >= 11 is 0. The predicted octanol–water partition coefficient (Wildman–Crippen LogP) is 1.11. The molecule has 1 aliphatic heterocycles. The third-order valence-electron chi connectivity index (χ3n) is 4.32. The van der Waals surface area contributed by atoms with E-state index in [1.54, 1.807) is 19.0 Å². The predicted molar refractivity (Wildman–Crippen MR) is 91.2 cm³/mol. The first kappa shape index (κ1) is 19.9. The molecule has 1 fully saturated rings. The van der Waals surface area contributed by atoms with Gasteiger partial charge < -0.3 is 15.0 Å². The van der Waals surface area contributed by atoms with Crippen LogP contribution < -0.4 is 5.32 Å². The number of amides is 2. The lowest BCUT2D eigenvalue weighted by molar-refractivity contribution is -0.134. The molecule has 1 unspecified atom stereocenters. The fourth-order valence-electron chi connectivity index (χ4n) is 2.83. The van der Waals surface area contributed by atoms with Crippen LogP contribution in [0.25, 0.3) is 0 Å². The van der Waals surface area contributed by atoms with E-state index in [-0.39, 0.29) is 29.9 Å². The fraction of sp³-hybridized carbons (Fsp3) is 0.882. The Labute approximate surface area is 140 Å². The smallest absolute Gasteiger partial charge is 0.239 e. The van der Waals surface area contributed by atoms with Crippen molar-refractivity contribution in [1.29, 1.82) is 0 Å². The molecule has 1 aliphatic rings. The van der Waals surface area contributed by atoms with E-state index in [4.69, 9.17) is 4.74 Å². The zero-order chi connectivity index (χ0) is 17.4. The van der Waals surface area contributed by atoms with Crippen molar-refractivity contribution in [3.63, 3.8) is 0 Å². The number of nitrogens with one attached hydrogen (secondary N) is 1. The van der Waals surface area contributed by atoms with Gasteiger partial charge in [-0.15, -0.1) is 0 Å². The summed E-state index contributed by atoms with van der Waals surface area (Å²) in [6.07, 6.45) is 2.72. The summed E-state index contributed by atoms with van der Waals surface area (Å²) in [5, 5.41) is 3.00. The largest absolute Gasteiger partial charge is 0.379 e. The number of rotatable bonds is 8. The first-order chi connectivity index (χ1) is 10.8. The van der Waals surface area contributed by atoms with Crippen LogP contribution in [0.2, 0.25) is 0 Å². The van der Waals surface area contributed by atoms with Crippen molar-refractivity contribution in [2.45, 2.75) is 52.2 Å². The molecular weight excluding hydrogens is 294 g/mol. The van der Waals surface area contributed by atoms with Crippen LogP contribution >= 0.6 is 0 Å². The molecule has 1 rings (SSSR count). The van der Waals surface area contributed by atoms with Crippen LogP contribution in [0.15, 0.2) is 0 Å². The SMILES string of the molecule is CC(C)OCCCNC(=O)C1CCN(C(C)C(=O)N(C)C)CC1. The number of ether oxygens (including phenoxy) is 1. The van der Waals surface area contributed by atoms with E-state index in [1.807, 2.05) is 20.8 Å². The van der Waals surface area contributed by atoms with Crippen molar-refractivity contribution in [2.24, 2.45) is 5.92 Å². The number of carbonyl (C=O) groups is 2. The highest BCUT2D eigenvalue weighted by molar-refractivity contribution is 5.81. The molecule has 134 valence electrons. The number of piperidine rings is 1. The summed E-state index contributed by atoms with van der Waals surface area (Å²) in [7, 11) is 3.56. The molecule has 1 atom stereocenters. The van der Waals surface area contributed by atoms with Gasteiger partial charge in [-0.25, -0.2) is 0 Å². The van der Waals surface area contributed by atoms with Crippen molar-refractivity contribution in [1.82, 2.24) is 15.1 Å². The second kappa shape index (κ2) is 9.88. The Kier molecular flexibility index (Phi) is 8.55. The van der Waals surface area contributed by atoms with Gasteiger partial charge in [0.25, 0.3) is 0 Å². The molecule has 23 heavy (non-hydrogen) atoms. The zero-order valence-electron chi connectivity index (χ0n) is 15.3. The lowest BCUT2D eigenvalue weighted by atomic mass is 9.95. The summed E-state index contributed by atoms with van der Waals surface area (Å²) in [6.45, 7) is 8.91. The molecule has 2 amide bonds. The highest BCUT2D eigenvalue weighted by Gasteiger charge is 2.30. The van der Waals surface area contributed by atoms with Gasteiger partial charge in [-0.2, -0.15) is 0 Å². The summed E-state index contributed by atoms with van der Waals surface area (Å²) in [5.41, 5.74) is 0. The average Bonchev–Trinajstić information content (AvgIpc) is 2.52. The van der Waals surface area contributed by atoms with Crippen LogP contribution in [-0.2, 0) is 14.3 Å². The van der Waals surface area contributed by atoms with Crippen LogP contribution in [-0.4, -0.2) is 74.1 Å². The molecule has 0 bridgehead atoms. The highest BCUT2D eigenvalue weighted by Crippen LogP contribution is 2.19. The minimum atomic E-state index is -0.109. The molecular formula is C17H33N3O3. The number of nitrogens with zero attached hydrogens (tertiary/aromatic N) is 2. The molecule has 1 heterocycles. The highest BCUT2D eigenvalue weighted by atomic mass is 16.5. The van der Waals surface area contributed by atoms with Gasteiger partial charge in [-0.05, 0) is 53.1 Å². The van der Waals surface area contributed by atoms with Crippen LogP contribution in [0.5, 0.6) is 0 Å². The van der Waals surface area contributed by atoms with Gasteiger partial charge in [0, 0.05) is 33.2 Å². The Bertz CT molecular complexity index is 377. The van der Waals surface area contributed by atoms with Crippen molar-refractivity contribution >= 4 is 11.8 Å². The monoisotopic (exact) mass is 327 g/mol. The molecule has 0 aliphatic carbocycles. The van der Waals surface area contributed by atoms with Gasteiger partial charge in [0.1, 0.15) is 0 Å². The molecule has 0 spiro atoms. The Morgan fingerprint density at radius 3 is 2.35 bits per heavy atom. The van der Waals surface area contributed by atoms with E-state index in [1.165, 1.54) is 0 Å². The summed E-state index contributed by atoms with van der Waals surface area (Å²) in [6, 6.07) is -0.109. The molecule has 0 aromatic rings. The first-order valence-corrected chi connectivity index (χ1v) is 8.67. The number of hydrogen-bond acceptors (Lipinski definition) is 4. The van der Waals surface area contributed by atoms with Crippen molar-refractivity contribution < 1.29 is 14.3 Å². The maximum absolute atomic E-state index is 12.2. The van der Waals surface area contributed by atoms with E-state index >= 15 is 0 Å². The molecule has 0 radical (unpaired) electrons. The Hall–Kier alpha value is -1.14. The van der Waals surface area contributed by atoms with Crippen LogP contribution in [0.1, 0.15) is 40.0 Å². The number of likely N-dealkylation sites (tertiary alicyclic amines) is 1. The molecule has 6 nitrogen and oxygen atoms in total. The number of likely N-dealkylation sites (N-methyl/N-ethyl adjacent to an activating group) is 1. The second-order valence-corrected chi connectivity index (χ2v) is 6.78. The second-order valence-electron chi connectivity index (χ2n) is 6.78. The van der Waals surface area contributed by atoms with Gasteiger partial charge in [-0.3, -0.25) is 14.5 Å². The Morgan fingerprint density at radius 2 is 1.83 bits per heavy atom. The minimum Gasteiger partial charge on any atom is -0.379 e. The quantitative estimate of drug-likeness (QED) is 0.678.